The quantitative estimate of drug-likeness (QED) is 0.397. The summed E-state index contributed by atoms with van der Waals surface area (Å²) in [6.07, 6.45) is 6.39. The second-order valence-electron chi connectivity index (χ2n) is 11.0. The molecule has 8 heteroatoms. The van der Waals surface area contributed by atoms with Crippen molar-refractivity contribution in [2.24, 2.45) is 0 Å². The Labute approximate surface area is 217 Å². The third-order valence-electron chi connectivity index (χ3n) is 8.34. The van der Waals surface area contributed by atoms with Gasteiger partial charge in [0.05, 0.1) is 5.69 Å². The molecule has 37 heavy (non-hydrogen) atoms. The number of carbonyl (C=O) groups is 1. The zero-order valence-corrected chi connectivity index (χ0v) is 22.2. The van der Waals surface area contributed by atoms with Crippen LogP contribution in [0.5, 0.6) is 0 Å². The van der Waals surface area contributed by atoms with Crippen molar-refractivity contribution in [3.8, 4) is 11.3 Å². The monoisotopic (exact) mass is 500 g/mol. The Kier molecular flexibility index (Phi) is 6.15. The summed E-state index contributed by atoms with van der Waals surface area (Å²) in [6.45, 7) is 12.0. The second-order valence-corrected chi connectivity index (χ2v) is 11.0. The first-order chi connectivity index (χ1) is 17.9. The van der Waals surface area contributed by atoms with E-state index in [1.165, 1.54) is 33.3 Å². The van der Waals surface area contributed by atoms with Gasteiger partial charge < -0.3 is 19.9 Å². The zero-order chi connectivity index (χ0) is 25.7. The fourth-order valence-corrected chi connectivity index (χ4v) is 6.09. The number of aromatic amines is 1. The molecule has 194 valence electrons. The number of fused-ring (bicyclic) bond motifs is 2. The lowest BCUT2D eigenvalue weighted by molar-refractivity contribution is 0.0632. The van der Waals surface area contributed by atoms with Crippen molar-refractivity contribution < 1.29 is 9.53 Å². The first kappa shape index (κ1) is 24.0. The number of aromatic nitrogens is 4. The summed E-state index contributed by atoms with van der Waals surface area (Å²) in [4.78, 5) is 22.7. The van der Waals surface area contributed by atoms with Gasteiger partial charge in [-0.15, -0.1) is 0 Å². The van der Waals surface area contributed by atoms with Crippen LogP contribution in [0.25, 0.3) is 27.8 Å². The Bertz CT molecular complexity index is 1450. The summed E-state index contributed by atoms with van der Waals surface area (Å²) in [5.74, 6) is 0.794. The van der Waals surface area contributed by atoms with E-state index < -0.39 is 0 Å². The second kappa shape index (κ2) is 9.49. The molecule has 5 heterocycles. The van der Waals surface area contributed by atoms with Crippen LogP contribution in [0.15, 0.2) is 30.7 Å². The summed E-state index contributed by atoms with van der Waals surface area (Å²) in [7, 11) is 0. The molecule has 4 aromatic rings. The molecule has 0 spiro atoms. The number of ether oxygens (including phenoxy) is 1. The lowest BCUT2D eigenvalue weighted by Gasteiger charge is -2.32. The summed E-state index contributed by atoms with van der Waals surface area (Å²) < 4.78 is 7.56. The molecule has 2 saturated heterocycles. The van der Waals surface area contributed by atoms with E-state index in [-0.39, 0.29) is 12.2 Å². The van der Waals surface area contributed by atoms with Crippen molar-refractivity contribution in [3.05, 3.63) is 53.0 Å². The van der Waals surface area contributed by atoms with Crippen molar-refractivity contribution in [3.63, 3.8) is 0 Å². The van der Waals surface area contributed by atoms with Crippen LogP contribution in [0, 0.1) is 13.8 Å². The van der Waals surface area contributed by atoms with E-state index >= 15 is 0 Å². The molecule has 0 bridgehead atoms. The Morgan fingerprint density at radius 1 is 1.14 bits per heavy atom. The molecule has 0 radical (unpaired) electrons. The van der Waals surface area contributed by atoms with E-state index in [1.54, 1.807) is 6.33 Å². The maximum atomic E-state index is 12.6. The topological polar surface area (TPSA) is 87.5 Å². The van der Waals surface area contributed by atoms with E-state index in [2.05, 4.69) is 72.5 Å². The van der Waals surface area contributed by atoms with Crippen LogP contribution in [0.1, 0.15) is 67.2 Å². The van der Waals surface area contributed by atoms with Crippen LogP contribution in [0.2, 0.25) is 0 Å². The third kappa shape index (κ3) is 4.27. The summed E-state index contributed by atoms with van der Waals surface area (Å²) in [6, 6.07) is 6.86. The van der Waals surface area contributed by atoms with Gasteiger partial charge in [0.25, 0.3) is 0 Å². The lowest BCUT2D eigenvalue weighted by Crippen LogP contribution is -2.40. The molecule has 0 aliphatic carbocycles. The number of aryl methyl sites for hydroxylation is 1. The minimum Gasteiger partial charge on any atom is -0.445 e. The van der Waals surface area contributed by atoms with Crippen molar-refractivity contribution in [2.75, 3.05) is 26.2 Å². The molecular weight excluding hydrogens is 464 g/mol. The molecule has 2 N–H and O–H groups in total. The van der Waals surface area contributed by atoms with Gasteiger partial charge in [0.15, 0.2) is 5.65 Å². The number of benzene rings is 1. The number of nitrogens with zero attached hydrogens (tertiary/aromatic N) is 4. The molecule has 2 fully saturated rings. The van der Waals surface area contributed by atoms with E-state index in [9.17, 15) is 4.79 Å². The van der Waals surface area contributed by atoms with Crippen molar-refractivity contribution >= 4 is 22.6 Å². The van der Waals surface area contributed by atoms with E-state index in [0.29, 0.717) is 11.8 Å². The smallest absolute Gasteiger partial charge is 0.410 e. The van der Waals surface area contributed by atoms with Crippen LogP contribution in [0.3, 0.4) is 0 Å². The van der Waals surface area contributed by atoms with Gasteiger partial charge in [-0.2, -0.15) is 5.10 Å². The molecule has 0 saturated carbocycles. The highest BCUT2D eigenvalue weighted by molar-refractivity contribution is 5.92. The number of carbonyl (C=O) groups excluding carboxylic acids is 1. The van der Waals surface area contributed by atoms with Gasteiger partial charge in [-0.05, 0) is 85.9 Å². The van der Waals surface area contributed by atoms with Gasteiger partial charge in [-0.1, -0.05) is 19.9 Å². The summed E-state index contributed by atoms with van der Waals surface area (Å²) >= 11 is 0. The Morgan fingerprint density at radius 2 is 1.95 bits per heavy atom. The number of amides is 1. The zero-order valence-electron chi connectivity index (χ0n) is 22.2. The van der Waals surface area contributed by atoms with Crippen LogP contribution in [0.4, 0.5) is 4.79 Å². The average molecular weight is 501 g/mol. The number of pyridine rings is 1. The maximum Gasteiger partial charge on any atom is 0.410 e. The molecule has 1 amide bonds. The van der Waals surface area contributed by atoms with E-state index in [1.807, 2.05) is 9.42 Å². The van der Waals surface area contributed by atoms with Gasteiger partial charge in [0, 0.05) is 42.3 Å². The number of likely N-dealkylation sites (tertiary alicyclic amines) is 1. The van der Waals surface area contributed by atoms with Crippen LogP contribution in [-0.2, 0) is 4.74 Å². The third-order valence-corrected chi connectivity index (χ3v) is 8.34. The van der Waals surface area contributed by atoms with Crippen LogP contribution >= 0.6 is 0 Å². The highest BCUT2D eigenvalue weighted by atomic mass is 16.6. The standard InChI is InChI=1S/C29H36N6O2/c1-17(2)26-23-13-21(20-8-11-34(12-9-20)29(36)37-22-7-10-30-14-22)5-6-25(23)33-27(26)24-15-35-28(31-16-32-35)19(4)18(24)3/h5-6,13,15-17,20,22,30,33H,7-12,14H2,1-4H3/t22-/m0/s1. The summed E-state index contributed by atoms with van der Waals surface area (Å²) in [5, 5.41) is 8.95. The van der Waals surface area contributed by atoms with E-state index in [4.69, 9.17) is 4.74 Å². The van der Waals surface area contributed by atoms with Gasteiger partial charge in [-0.25, -0.2) is 14.3 Å². The molecule has 2 aliphatic heterocycles. The number of H-pyrrole nitrogens is 1. The van der Waals surface area contributed by atoms with Crippen LogP contribution in [-0.4, -0.2) is 62.9 Å². The fraction of sp³-hybridized carbons (Fsp3) is 0.483. The van der Waals surface area contributed by atoms with Gasteiger partial charge in [0.2, 0.25) is 0 Å². The molecule has 1 aromatic carbocycles. The predicted molar refractivity (Wildman–Crippen MR) is 145 cm³/mol. The molecule has 3 aromatic heterocycles. The highest BCUT2D eigenvalue weighted by Crippen LogP contribution is 2.40. The number of piperidine rings is 1. The maximum absolute atomic E-state index is 12.6. The van der Waals surface area contributed by atoms with Crippen molar-refractivity contribution in [1.29, 1.82) is 0 Å². The van der Waals surface area contributed by atoms with Gasteiger partial charge in [0.1, 0.15) is 12.4 Å². The fourth-order valence-electron chi connectivity index (χ4n) is 6.09. The lowest BCUT2D eigenvalue weighted by atomic mass is 9.87. The minimum atomic E-state index is -0.157. The Balaban J connectivity index is 1.28. The number of nitrogens with one attached hydrogen (secondary N) is 2. The van der Waals surface area contributed by atoms with Gasteiger partial charge in [-0.3, -0.25) is 0 Å². The molecule has 8 nitrogen and oxygen atoms in total. The molecule has 2 aliphatic rings. The largest absolute Gasteiger partial charge is 0.445 e. The van der Waals surface area contributed by atoms with Gasteiger partial charge >= 0.3 is 6.09 Å². The molecule has 6 rings (SSSR count). The van der Waals surface area contributed by atoms with Crippen molar-refractivity contribution in [2.45, 2.75) is 64.9 Å². The predicted octanol–water partition coefficient (Wildman–Crippen LogP) is 5.30. The number of hydrogen-bond donors (Lipinski definition) is 2. The first-order valence-electron chi connectivity index (χ1n) is 13.5. The SMILES string of the molecule is Cc1c(-c2[nH]c3ccc(C4CCN(C(=O)O[C@H]5CCNC5)CC4)cc3c2C(C)C)cn2ncnc2c1C. The van der Waals surface area contributed by atoms with E-state index in [0.717, 1.165) is 62.2 Å². The average Bonchev–Trinajstić information content (AvgIpc) is 3.65. The Hall–Kier alpha value is -3.39. The first-order valence-corrected chi connectivity index (χ1v) is 13.5. The molecule has 0 unspecified atom stereocenters. The minimum absolute atomic E-state index is 0.0163. The molecule has 1 atom stereocenters. The normalized spacial score (nSPS) is 18.9. The highest BCUT2D eigenvalue weighted by Gasteiger charge is 2.28. The summed E-state index contributed by atoms with van der Waals surface area (Å²) in [5.41, 5.74) is 9.46. The Morgan fingerprint density at radius 3 is 2.68 bits per heavy atom. The van der Waals surface area contributed by atoms with Crippen molar-refractivity contribution in [1.82, 2.24) is 29.8 Å². The molecular formula is C29H36N6O2. The number of rotatable bonds is 4. The number of hydrogen-bond acceptors (Lipinski definition) is 5. The van der Waals surface area contributed by atoms with Crippen LogP contribution < -0.4 is 5.32 Å².